The van der Waals surface area contributed by atoms with E-state index in [4.69, 9.17) is 0 Å². The SMILES string of the molecule is FP(N=[P+](F)F)c1ccccc1. The number of halogens is 3. The van der Waals surface area contributed by atoms with E-state index >= 15 is 0 Å². The topological polar surface area (TPSA) is 12.4 Å². The Morgan fingerprint density at radius 1 is 1.17 bits per heavy atom. The maximum absolute atomic E-state index is 12.8. The van der Waals surface area contributed by atoms with Crippen molar-refractivity contribution in [3.05, 3.63) is 30.3 Å². The largest absolute Gasteiger partial charge is 0.664 e. The molecule has 1 aromatic rings. The molecule has 0 fully saturated rings. The molecule has 1 atom stereocenters. The summed E-state index contributed by atoms with van der Waals surface area (Å²) >= 11 is 0. The zero-order valence-electron chi connectivity index (χ0n) is 5.86. The molecule has 1 unspecified atom stereocenters. The summed E-state index contributed by atoms with van der Waals surface area (Å²) in [4.78, 5) is 0. The summed E-state index contributed by atoms with van der Waals surface area (Å²) in [5, 5.41) is 0.232. The van der Waals surface area contributed by atoms with Crippen molar-refractivity contribution >= 4 is 22.0 Å². The number of benzene rings is 1. The molecular formula is C6H5F3NP2+. The van der Waals surface area contributed by atoms with Crippen LogP contribution in [0.1, 0.15) is 0 Å². The van der Waals surface area contributed by atoms with E-state index < -0.39 is 16.7 Å². The first kappa shape index (κ1) is 9.63. The Hall–Kier alpha value is -0.460. The minimum Gasteiger partial charge on any atom is -0.190 e. The predicted octanol–water partition coefficient (Wildman–Crippen LogP) is 4.03. The lowest BCUT2D eigenvalue weighted by atomic mass is 10.4. The summed E-state index contributed by atoms with van der Waals surface area (Å²) < 4.78 is 38.8. The molecule has 0 spiro atoms. The fourth-order valence-electron chi connectivity index (χ4n) is 0.662. The van der Waals surface area contributed by atoms with Crippen LogP contribution < -0.4 is 5.30 Å². The van der Waals surface area contributed by atoms with Crippen LogP contribution in [0.5, 0.6) is 0 Å². The Morgan fingerprint density at radius 2 is 1.75 bits per heavy atom. The molecule has 1 nitrogen and oxygen atoms in total. The zero-order chi connectivity index (χ0) is 8.97. The van der Waals surface area contributed by atoms with E-state index in [9.17, 15) is 12.6 Å². The Balaban J connectivity index is 2.79. The summed E-state index contributed by atoms with van der Waals surface area (Å²) in [6, 6.07) is 7.79. The quantitative estimate of drug-likeness (QED) is 0.653. The van der Waals surface area contributed by atoms with Crippen molar-refractivity contribution in [1.82, 2.24) is 0 Å². The molecule has 0 aliphatic heterocycles. The van der Waals surface area contributed by atoms with Crippen molar-refractivity contribution in [1.29, 1.82) is 0 Å². The fraction of sp³-hybridized carbons (Fsp3) is 0. The second-order valence-corrected chi connectivity index (χ2v) is 4.08. The average Bonchev–Trinajstić information content (AvgIpc) is 2.05. The highest BCUT2D eigenvalue weighted by molar-refractivity contribution is 7.63. The molecule has 6 heteroatoms. The standard InChI is InChI=1S/C6H5F3NP2/c7-11(10-12(8)9)6-4-2-1-3-5-6/h1-5H/q+1. The van der Waals surface area contributed by atoms with Gasteiger partial charge in [0.15, 0.2) is 0 Å². The van der Waals surface area contributed by atoms with Crippen molar-refractivity contribution in [2.75, 3.05) is 0 Å². The van der Waals surface area contributed by atoms with Crippen LogP contribution in [0.4, 0.5) is 12.6 Å². The van der Waals surface area contributed by atoms with Gasteiger partial charge in [-0.1, -0.05) is 18.2 Å². The number of hydrogen-bond acceptors (Lipinski definition) is 1. The molecule has 0 amide bonds. The lowest BCUT2D eigenvalue weighted by Gasteiger charge is -1.94. The van der Waals surface area contributed by atoms with E-state index in [1.54, 1.807) is 18.2 Å². The minimum atomic E-state index is -3.48. The first-order valence-corrected chi connectivity index (χ1v) is 5.30. The summed E-state index contributed by atoms with van der Waals surface area (Å²) in [5.74, 6) is 0. The van der Waals surface area contributed by atoms with E-state index in [-0.39, 0.29) is 5.30 Å². The third-order valence-corrected chi connectivity index (χ3v) is 3.01. The third-order valence-electron chi connectivity index (χ3n) is 1.12. The number of nitrogens with zero attached hydrogens (tertiary/aromatic N) is 1. The second-order valence-electron chi connectivity index (χ2n) is 1.90. The summed E-state index contributed by atoms with van der Waals surface area (Å²) in [6.07, 6.45) is 0. The number of rotatable bonds is 2. The van der Waals surface area contributed by atoms with Gasteiger partial charge in [-0.3, -0.25) is 0 Å². The lowest BCUT2D eigenvalue weighted by Crippen LogP contribution is -1.92. The van der Waals surface area contributed by atoms with E-state index in [0.717, 1.165) is 0 Å². The van der Waals surface area contributed by atoms with Crippen molar-refractivity contribution in [2.24, 2.45) is 4.52 Å². The van der Waals surface area contributed by atoms with Gasteiger partial charge in [-0.05, 0) is 12.1 Å². The molecule has 64 valence electrons. The molecule has 1 rings (SSSR count). The molecule has 0 saturated carbocycles. The van der Waals surface area contributed by atoms with Crippen LogP contribution in [0, 0.1) is 0 Å². The third kappa shape index (κ3) is 2.88. The van der Waals surface area contributed by atoms with Gasteiger partial charge < -0.3 is 0 Å². The lowest BCUT2D eigenvalue weighted by molar-refractivity contribution is 0.763. The minimum absolute atomic E-state index is 0.232. The average molecular weight is 210 g/mol. The highest BCUT2D eigenvalue weighted by Gasteiger charge is 2.19. The van der Waals surface area contributed by atoms with E-state index in [1.165, 1.54) is 12.1 Å². The molecule has 0 heterocycles. The molecule has 0 N–H and O–H groups in total. The Bertz CT molecular complexity index is 273. The van der Waals surface area contributed by atoms with Gasteiger partial charge in [-0.2, -0.15) is 4.20 Å². The van der Waals surface area contributed by atoms with Crippen molar-refractivity contribution in [3.63, 3.8) is 0 Å². The van der Waals surface area contributed by atoms with Crippen molar-refractivity contribution in [3.8, 4) is 0 Å². The highest BCUT2D eigenvalue weighted by atomic mass is 31.2. The first-order valence-electron chi connectivity index (χ1n) is 3.04. The van der Waals surface area contributed by atoms with E-state index in [2.05, 4.69) is 4.52 Å². The van der Waals surface area contributed by atoms with Gasteiger partial charge in [-0.15, -0.1) is 0 Å². The smallest absolute Gasteiger partial charge is 0.190 e. The summed E-state index contributed by atoms with van der Waals surface area (Å²) in [5.41, 5.74) is 0. The van der Waals surface area contributed by atoms with Gasteiger partial charge >= 0.3 is 8.33 Å². The molecule has 0 radical (unpaired) electrons. The van der Waals surface area contributed by atoms with Crippen molar-refractivity contribution < 1.29 is 12.6 Å². The molecule has 12 heavy (non-hydrogen) atoms. The monoisotopic (exact) mass is 210 g/mol. The van der Waals surface area contributed by atoms with Gasteiger partial charge in [0.25, 0.3) is 8.38 Å². The summed E-state index contributed by atoms with van der Waals surface area (Å²) in [6.45, 7) is 0. The number of hydrogen-bond donors (Lipinski definition) is 0. The maximum Gasteiger partial charge on any atom is 0.664 e. The van der Waals surface area contributed by atoms with Crippen LogP contribution in [0.2, 0.25) is 0 Å². The van der Waals surface area contributed by atoms with E-state index in [1.807, 2.05) is 0 Å². The highest BCUT2D eigenvalue weighted by Crippen LogP contribution is 2.47. The second kappa shape index (κ2) is 4.54. The molecular weight excluding hydrogens is 205 g/mol. The Labute approximate surface area is 70.3 Å². The van der Waals surface area contributed by atoms with Crippen LogP contribution in [-0.2, 0) is 0 Å². The van der Waals surface area contributed by atoms with Crippen LogP contribution in [-0.4, -0.2) is 0 Å². The zero-order valence-corrected chi connectivity index (χ0v) is 7.65. The van der Waals surface area contributed by atoms with Gasteiger partial charge in [0.05, 0.1) is 8.39 Å². The van der Waals surface area contributed by atoms with Crippen LogP contribution in [0.25, 0.3) is 0 Å². The van der Waals surface area contributed by atoms with Crippen LogP contribution in [0.3, 0.4) is 0 Å². The van der Waals surface area contributed by atoms with Crippen LogP contribution >= 0.6 is 16.7 Å². The first-order chi connectivity index (χ1) is 5.70. The van der Waals surface area contributed by atoms with Gasteiger partial charge in [0, 0.05) is 9.82 Å². The van der Waals surface area contributed by atoms with Crippen LogP contribution in [0.15, 0.2) is 34.8 Å². The van der Waals surface area contributed by atoms with Crippen molar-refractivity contribution in [2.45, 2.75) is 0 Å². The molecule has 0 bridgehead atoms. The maximum atomic E-state index is 12.8. The Kier molecular flexibility index (Phi) is 3.64. The molecule has 0 aliphatic rings. The molecule has 0 aromatic heterocycles. The Morgan fingerprint density at radius 3 is 2.25 bits per heavy atom. The normalized spacial score (nSPS) is 12.2. The predicted molar refractivity (Wildman–Crippen MR) is 45.7 cm³/mol. The van der Waals surface area contributed by atoms with Gasteiger partial charge in [0.2, 0.25) is 0 Å². The van der Waals surface area contributed by atoms with Gasteiger partial charge in [0.1, 0.15) is 0 Å². The van der Waals surface area contributed by atoms with E-state index in [0.29, 0.717) is 0 Å². The molecule has 0 aliphatic carbocycles. The summed E-state index contributed by atoms with van der Waals surface area (Å²) in [7, 11) is -6.00. The molecule has 1 aromatic carbocycles. The fourth-order valence-corrected chi connectivity index (χ4v) is 1.97. The molecule has 0 saturated heterocycles. The van der Waals surface area contributed by atoms with Gasteiger partial charge in [-0.25, -0.2) is 0 Å².